The number of hydrogen-bond donors (Lipinski definition) is 0. The maximum absolute atomic E-state index is 13.2. The molecule has 5 nitrogen and oxygen atoms in total. The molecule has 0 spiro atoms. The van der Waals surface area contributed by atoms with Crippen LogP contribution in [0.15, 0.2) is 23.1 Å². The molecule has 0 N–H and O–H groups in total. The van der Waals surface area contributed by atoms with E-state index < -0.39 is 19.8 Å². The molecule has 0 saturated heterocycles. The van der Waals surface area contributed by atoms with Crippen molar-refractivity contribution in [2.75, 3.05) is 0 Å². The Balaban J connectivity index is 2.33. The standard InChI is InChI=1S/C12H11Cl2FN2O3S/c1-7-12(13)9(17(2)16-7)6-20-10-4-3-8(15)5-11(10)21(14,18)19/h3-5H,6H2,1-2H3. The summed E-state index contributed by atoms with van der Waals surface area (Å²) in [5.41, 5.74) is 1.19. The molecule has 0 aliphatic heterocycles. The minimum Gasteiger partial charge on any atom is -0.486 e. The second kappa shape index (κ2) is 5.82. The molecule has 0 aliphatic carbocycles. The molecular weight excluding hydrogens is 342 g/mol. The lowest BCUT2D eigenvalue weighted by Crippen LogP contribution is -2.06. The second-order valence-electron chi connectivity index (χ2n) is 4.29. The number of rotatable bonds is 4. The number of aryl methyl sites for hydroxylation is 2. The van der Waals surface area contributed by atoms with Crippen molar-refractivity contribution in [2.45, 2.75) is 18.4 Å². The van der Waals surface area contributed by atoms with Gasteiger partial charge in [-0.05, 0) is 25.1 Å². The first-order chi connectivity index (χ1) is 9.70. The fourth-order valence-corrected chi connectivity index (χ4v) is 2.97. The number of benzene rings is 1. The minimum atomic E-state index is -4.12. The van der Waals surface area contributed by atoms with Gasteiger partial charge < -0.3 is 4.74 Å². The van der Waals surface area contributed by atoms with Gasteiger partial charge >= 0.3 is 0 Å². The maximum atomic E-state index is 13.2. The van der Waals surface area contributed by atoms with Crippen LogP contribution < -0.4 is 4.74 Å². The molecule has 2 rings (SSSR count). The van der Waals surface area contributed by atoms with Crippen molar-refractivity contribution in [3.05, 3.63) is 40.4 Å². The van der Waals surface area contributed by atoms with E-state index in [-0.39, 0.29) is 12.4 Å². The molecule has 0 amide bonds. The molecule has 114 valence electrons. The zero-order valence-corrected chi connectivity index (χ0v) is 13.4. The Bertz CT molecular complexity index is 790. The highest BCUT2D eigenvalue weighted by atomic mass is 35.7. The molecule has 1 aromatic heterocycles. The average molecular weight is 353 g/mol. The van der Waals surface area contributed by atoms with Gasteiger partial charge in [-0.2, -0.15) is 5.10 Å². The van der Waals surface area contributed by atoms with Crippen LogP contribution in [0.3, 0.4) is 0 Å². The molecule has 0 unspecified atom stereocenters. The van der Waals surface area contributed by atoms with Crippen LogP contribution in [0.25, 0.3) is 0 Å². The fraction of sp³-hybridized carbons (Fsp3) is 0.250. The number of hydrogen-bond acceptors (Lipinski definition) is 4. The first kappa shape index (κ1) is 16.1. The van der Waals surface area contributed by atoms with Crippen molar-refractivity contribution in [3.8, 4) is 5.75 Å². The molecule has 0 saturated carbocycles. The van der Waals surface area contributed by atoms with Crippen LogP contribution in [-0.4, -0.2) is 18.2 Å². The van der Waals surface area contributed by atoms with E-state index in [9.17, 15) is 12.8 Å². The van der Waals surface area contributed by atoms with Gasteiger partial charge in [-0.25, -0.2) is 12.8 Å². The third kappa shape index (κ3) is 3.48. The summed E-state index contributed by atoms with van der Waals surface area (Å²) >= 11 is 6.07. The summed E-state index contributed by atoms with van der Waals surface area (Å²) in [5.74, 6) is -0.780. The highest BCUT2D eigenvalue weighted by Crippen LogP contribution is 2.29. The van der Waals surface area contributed by atoms with Crippen molar-refractivity contribution in [1.29, 1.82) is 0 Å². The van der Waals surface area contributed by atoms with Gasteiger partial charge in [0.2, 0.25) is 0 Å². The number of nitrogens with zero attached hydrogens (tertiary/aromatic N) is 2. The Kier molecular flexibility index (Phi) is 4.46. The van der Waals surface area contributed by atoms with E-state index in [0.29, 0.717) is 16.4 Å². The van der Waals surface area contributed by atoms with Gasteiger partial charge in [-0.3, -0.25) is 4.68 Å². The van der Waals surface area contributed by atoms with Gasteiger partial charge in [0.25, 0.3) is 9.05 Å². The monoisotopic (exact) mass is 352 g/mol. The molecule has 0 fully saturated rings. The Morgan fingerprint density at radius 3 is 2.62 bits per heavy atom. The predicted octanol–water partition coefficient (Wildman–Crippen LogP) is 3.03. The van der Waals surface area contributed by atoms with Crippen molar-refractivity contribution >= 4 is 31.3 Å². The van der Waals surface area contributed by atoms with Crippen LogP contribution in [0.4, 0.5) is 4.39 Å². The molecule has 0 radical (unpaired) electrons. The number of ether oxygens (including phenoxy) is 1. The summed E-state index contributed by atoms with van der Waals surface area (Å²) in [6.07, 6.45) is 0. The highest BCUT2D eigenvalue weighted by Gasteiger charge is 2.19. The van der Waals surface area contributed by atoms with E-state index >= 15 is 0 Å². The van der Waals surface area contributed by atoms with E-state index in [0.717, 1.165) is 12.1 Å². The van der Waals surface area contributed by atoms with Gasteiger partial charge in [0.15, 0.2) is 0 Å². The SMILES string of the molecule is Cc1nn(C)c(COc2ccc(F)cc2S(=O)(=O)Cl)c1Cl. The first-order valence-corrected chi connectivity index (χ1v) is 8.44. The van der Waals surface area contributed by atoms with E-state index in [1.165, 1.54) is 10.7 Å². The summed E-state index contributed by atoms with van der Waals surface area (Å²) in [6.45, 7) is 1.71. The van der Waals surface area contributed by atoms with Crippen LogP contribution in [-0.2, 0) is 22.7 Å². The number of halogens is 3. The van der Waals surface area contributed by atoms with Gasteiger partial charge in [0.1, 0.15) is 23.1 Å². The predicted molar refractivity (Wildman–Crippen MR) is 76.7 cm³/mol. The Hall–Kier alpha value is -1.31. The normalized spacial score (nSPS) is 11.7. The van der Waals surface area contributed by atoms with Crippen molar-refractivity contribution in [2.24, 2.45) is 7.05 Å². The molecule has 1 heterocycles. The lowest BCUT2D eigenvalue weighted by atomic mass is 10.3. The van der Waals surface area contributed by atoms with Gasteiger partial charge in [-0.1, -0.05) is 11.6 Å². The first-order valence-electron chi connectivity index (χ1n) is 5.75. The average Bonchev–Trinajstić information content (AvgIpc) is 2.61. The second-order valence-corrected chi connectivity index (χ2v) is 7.20. The third-order valence-corrected chi connectivity index (χ3v) is 4.63. The van der Waals surface area contributed by atoms with Crippen molar-refractivity contribution < 1.29 is 17.5 Å². The van der Waals surface area contributed by atoms with Crippen LogP contribution >= 0.6 is 22.3 Å². The van der Waals surface area contributed by atoms with Crippen molar-refractivity contribution in [3.63, 3.8) is 0 Å². The number of aromatic nitrogens is 2. The van der Waals surface area contributed by atoms with E-state index in [4.69, 9.17) is 27.0 Å². The molecule has 21 heavy (non-hydrogen) atoms. The Morgan fingerprint density at radius 2 is 2.10 bits per heavy atom. The lowest BCUT2D eigenvalue weighted by molar-refractivity contribution is 0.287. The summed E-state index contributed by atoms with van der Waals surface area (Å²) in [4.78, 5) is -0.431. The summed E-state index contributed by atoms with van der Waals surface area (Å²) in [7, 11) is 2.82. The highest BCUT2D eigenvalue weighted by molar-refractivity contribution is 8.13. The molecule has 1 aromatic carbocycles. The van der Waals surface area contributed by atoms with E-state index in [1.807, 2.05) is 0 Å². The quantitative estimate of drug-likeness (QED) is 0.793. The Labute approximate surface area is 130 Å². The summed E-state index contributed by atoms with van der Waals surface area (Å²) < 4.78 is 42.9. The van der Waals surface area contributed by atoms with Gasteiger partial charge in [-0.15, -0.1) is 0 Å². The fourth-order valence-electron chi connectivity index (χ4n) is 1.77. The van der Waals surface area contributed by atoms with Gasteiger partial charge in [0.05, 0.1) is 16.4 Å². The topological polar surface area (TPSA) is 61.2 Å². The van der Waals surface area contributed by atoms with Crippen LogP contribution in [0, 0.1) is 12.7 Å². The van der Waals surface area contributed by atoms with E-state index in [1.54, 1.807) is 14.0 Å². The smallest absolute Gasteiger partial charge is 0.265 e. The van der Waals surface area contributed by atoms with Crippen LogP contribution in [0.5, 0.6) is 5.75 Å². The molecule has 0 atom stereocenters. The zero-order valence-electron chi connectivity index (χ0n) is 11.1. The maximum Gasteiger partial charge on any atom is 0.265 e. The zero-order chi connectivity index (χ0) is 15.8. The largest absolute Gasteiger partial charge is 0.486 e. The third-order valence-electron chi connectivity index (χ3n) is 2.79. The summed E-state index contributed by atoms with van der Waals surface area (Å²) in [5, 5.41) is 4.53. The van der Waals surface area contributed by atoms with E-state index in [2.05, 4.69) is 5.10 Å². The minimum absolute atomic E-state index is 0.0266. The molecular formula is C12H11Cl2FN2O3S. The van der Waals surface area contributed by atoms with Crippen LogP contribution in [0.2, 0.25) is 5.02 Å². The van der Waals surface area contributed by atoms with Crippen molar-refractivity contribution in [1.82, 2.24) is 9.78 Å². The molecule has 9 heteroatoms. The summed E-state index contributed by atoms with van der Waals surface area (Å²) in [6, 6.07) is 3.08. The molecule has 0 aliphatic rings. The van der Waals surface area contributed by atoms with Crippen LogP contribution in [0.1, 0.15) is 11.4 Å². The Morgan fingerprint density at radius 1 is 1.43 bits per heavy atom. The molecule has 2 aromatic rings. The molecule has 0 bridgehead atoms. The lowest BCUT2D eigenvalue weighted by Gasteiger charge is -2.10. The van der Waals surface area contributed by atoms with Gasteiger partial charge in [0, 0.05) is 17.7 Å².